The van der Waals surface area contributed by atoms with Crippen molar-refractivity contribution >= 4 is 34.0 Å². The van der Waals surface area contributed by atoms with E-state index in [4.69, 9.17) is 4.74 Å². The number of ketones is 1. The van der Waals surface area contributed by atoms with Gasteiger partial charge in [0.2, 0.25) is 0 Å². The number of aromatic hydroxyl groups is 1. The number of aryl methyl sites for hydroxylation is 1. The number of anilines is 2. The number of esters is 1. The average Bonchev–Trinajstić information content (AvgIpc) is 2.81. The molecule has 0 spiro atoms. The van der Waals surface area contributed by atoms with E-state index in [1.807, 2.05) is 0 Å². The number of hydrogen-bond donors (Lipinski definition) is 2. The lowest BCUT2D eigenvalue weighted by Crippen LogP contribution is -2.29. The Morgan fingerprint density at radius 1 is 0.970 bits per heavy atom. The number of carbonyl (C=O) groups is 2. The molecule has 1 aliphatic carbocycles. The Morgan fingerprint density at radius 3 is 2.36 bits per heavy atom. The molecule has 4 aromatic rings. The standard InChI is InChI=1S/C26H20N2O5/c1-3-33-26(32)23-20-16-6-4-5-7-17(16)24(30)21-18(27-14-8-10-15(29)11-9-14)12-13-19(22(20)21)28(2)25(23)31/h4-13,27,29H,3H2,1-2H3. The number of phenolic OH excluding ortho intramolecular Hbond substituents is 1. The van der Waals surface area contributed by atoms with E-state index < -0.39 is 11.5 Å². The van der Waals surface area contributed by atoms with Crippen LogP contribution < -0.4 is 10.9 Å². The Kier molecular flexibility index (Phi) is 4.74. The molecule has 0 atom stereocenters. The number of carbonyl (C=O) groups excluding carboxylic acids is 2. The summed E-state index contributed by atoms with van der Waals surface area (Å²) in [6.45, 7) is 1.80. The summed E-state index contributed by atoms with van der Waals surface area (Å²) in [4.78, 5) is 39.8. The van der Waals surface area contributed by atoms with E-state index in [1.54, 1.807) is 74.6 Å². The van der Waals surface area contributed by atoms with Crippen molar-refractivity contribution in [3.05, 3.63) is 87.7 Å². The van der Waals surface area contributed by atoms with Crippen LogP contribution >= 0.6 is 0 Å². The molecule has 0 saturated heterocycles. The smallest absolute Gasteiger partial charge is 0.344 e. The predicted molar refractivity (Wildman–Crippen MR) is 125 cm³/mol. The first-order valence-electron chi connectivity index (χ1n) is 10.5. The van der Waals surface area contributed by atoms with Crippen LogP contribution in [0.15, 0.2) is 65.5 Å². The fraction of sp³-hybridized carbons (Fsp3) is 0.115. The summed E-state index contributed by atoms with van der Waals surface area (Å²) in [5.74, 6) is -0.804. The lowest BCUT2D eigenvalue weighted by Gasteiger charge is -2.25. The van der Waals surface area contributed by atoms with Crippen LogP contribution in [0.25, 0.3) is 22.0 Å². The maximum atomic E-state index is 13.7. The van der Waals surface area contributed by atoms with Crippen LogP contribution in [0, 0.1) is 0 Å². The van der Waals surface area contributed by atoms with Gasteiger partial charge in [0.05, 0.1) is 23.4 Å². The maximum absolute atomic E-state index is 13.7. The molecule has 0 fully saturated rings. The highest BCUT2D eigenvalue weighted by Crippen LogP contribution is 2.43. The van der Waals surface area contributed by atoms with Crippen LogP contribution in [0.3, 0.4) is 0 Å². The quantitative estimate of drug-likeness (QED) is 0.318. The van der Waals surface area contributed by atoms with Gasteiger partial charge in [0.15, 0.2) is 5.78 Å². The molecule has 5 rings (SSSR count). The van der Waals surface area contributed by atoms with E-state index in [1.165, 1.54) is 4.57 Å². The highest BCUT2D eigenvalue weighted by atomic mass is 16.5. The monoisotopic (exact) mass is 440 g/mol. The molecule has 1 aromatic heterocycles. The van der Waals surface area contributed by atoms with Crippen LogP contribution in [0.5, 0.6) is 5.75 Å². The van der Waals surface area contributed by atoms with E-state index >= 15 is 0 Å². The van der Waals surface area contributed by atoms with E-state index in [-0.39, 0.29) is 23.7 Å². The topological polar surface area (TPSA) is 97.6 Å². The minimum absolute atomic E-state index is 0.0881. The van der Waals surface area contributed by atoms with Gasteiger partial charge in [0.25, 0.3) is 5.56 Å². The number of pyridine rings is 1. The molecular weight excluding hydrogens is 420 g/mol. The van der Waals surface area contributed by atoms with E-state index in [0.717, 1.165) is 0 Å². The molecule has 2 N–H and O–H groups in total. The minimum atomic E-state index is -0.720. The highest BCUT2D eigenvalue weighted by Gasteiger charge is 2.34. The third-order valence-electron chi connectivity index (χ3n) is 5.86. The normalized spacial score (nSPS) is 11.9. The summed E-state index contributed by atoms with van der Waals surface area (Å²) < 4.78 is 6.60. The molecule has 0 bridgehead atoms. The fourth-order valence-electron chi connectivity index (χ4n) is 4.37. The molecule has 7 heteroatoms. The lowest BCUT2D eigenvalue weighted by molar-refractivity contribution is 0.0524. The second-order valence-corrected chi connectivity index (χ2v) is 7.76. The van der Waals surface area contributed by atoms with E-state index in [9.17, 15) is 19.5 Å². The number of benzene rings is 3. The molecule has 0 aliphatic heterocycles. The number of ether oxygens (including phenoxy) is 1. The largest absolute Gasteiger partial charge is 0.508 e. The van der Waals surface area contributed by atoms with Crippen molar-refractivity contribution in [1.29, 1.82) is 0 Å². The van der Waals surface area contributed by atoms with Crippen molar-refractivity contribution in [2.75, 3.05) is 11.9 Å². The van der Waals surface area contributed by atoms with Crippen LogP contribution in [0.1, 0.15) is 33.2 Å². The van der Waals surface area contributed by atoms with Gasteiger partial charge in [-0.1, -0.05) is 24.3 Å². The van der Waals surface area contributed by atoms with Gasteiger partial charge in [-0.2, -0.15) is 0 Å². The summed E-state index contributed by atoms with van der Waals surface area (Å²) in [6, 6.07) is 16.9. The predicted octanol–water partition coefficient (Wildman–Crippen LogP) is 4.38. The van der Waals surface area contributed by atoms with Gasteiger partial charge < -0.3 is 19.7 Å². The van der Waals surface area contributed by atoms with Gasteiger partial charge in [-0.05, 0) is 48.9 Å². The second-order valence-electron chi connectivity index (χ2n) is 7.76. The first-order valence-corrected chi connectivity index (χ1v) is 10.5. The zero-order valence-electron chi connectivity index (χ0n) is 18.0. The molecule has 7 nitrogen and oxygen atoms in total. The van der Waals surface area contributed by atoms with Gasteiger partial charge in [0, 0.05) is 29.2 Å². The van der Waals surface area contributed by atoms with Crippen LogP contribution in [-0.2, 0) is 11.8 Å². The molecule has 0 saturated carbocycles. The summed E-state index contributed by atoms with van der Waals surface area (Å²) >= 11 is 0. The summed E-state index contributed by atoms with van der Waals surface area (Å²) in [7, 11) is 1.58. The first-order chi connectivity index (χ1) is 15.9. The number of aromatic nitrogens is 1. The Bertz CT molecular complexity index is 1520. The Balaban J connectivity index is 1.90. The van der Waals surface area contributed by atoms with Crippen LogP contribution in [0.4, 0.5) is 11.4 Å². The summed E-state index contributed by atoms with van der Waals surface area (Å²) in [5.41, 5.74) is 2.89. The molecule has 0 radical (unpaired) electrons. The van der Waals surface area contributed by atoms with Crippen molar-refractivity contribution < 1.29 is 19.4 Å². The number of hydrogen-bond acceptors (Lipinski definition) is 6. The number of rotatable bonds is 4. The molecule has 0 amide bonds. The number of fused-ring (bicyclic) bond motifs is 2. The molecule has 1 aliphatic rings. The fourth-order valence-corrected chi connectivity index (χ4v) is 4.37. The summed E-state index contributed by atoms with van der Waals surface area (Å²) in [5, 5.41) is 13.3. The van der Waals surface area contributed by atoms with Gasteiger partial charge in [-0.3, -0.25) is 9.59 Å². The zero-order valence-corrected chi connectivity index (χ0v) is 18.0. The van der Waals surface area contributed by atoms with Crippen molar-refractivity contribution in [2.24, 2.45) is 7.05 Å². The number of nitrogens with one attached hydrogen (secondary N) is 1. The van der Waals surface area contributed by atoms with Gasteiger partial charge in [-0.25, -0.2) is 4.79 Å². The third kappa shape index (κ3) is 3.09. The highest BCUT2D eigenvalue weighted by molar-refractivity contribution is 6.29. The average molecular weight is 440 g/mol. The molecule has 164 valence electrons. The summed E-state index contributed by atoms with van der Waals surface area (Å²) in [6.07, 6.45) is 0. The SMILES string of the molecule is CCOC(=O)c1c2c3c(c(Nc4ccc(O)cc4)ccc3n(C)c1=O)C(=O)c1ccccc1-2. The minimum Gasteiger partial charge on any atom is -0.508 e. The van der Waals surface area contributed by atoms with Crippen molar-refractivity contribution in [1.82, 2.24) is 4.57 Å². The van der Waals surface area contributed by atoms with Crippen molar-refractivity contribution in [3.63, 3.8) is 0 Å². The van der Waals surface area contributed by atoms with Gasteiger partial charge in [0.1, 0.15) is 11.3 Å². The van der Waals surface area contributed by atoms with Gasteiger partial charge >= 0.3 is 5.97 Å². The third-order valence-corrected chi connectivity index (χ3v) is 5.86. The number of nitrogens with zero attached hydrogens (tertiary/aromatic N) is 1. The van der Waals surface area contributed by atoms with E-state index in [0.29, 0.717) is 44.5 Å². The lowest BCUT2D eigenvalue weighted by atomic mass is 9.81. The Hall–Kier alpha value is -4.39. The van der Waals surface area contributed by atoms with Crippen LogP contribution in [-0.4, -0.2) is 28.0 Å². The second kappa shape index (κ2) is 7.63. The Morgan fingerprint density at radius 2 is 1.67 bits per heavy atom. The molecule has 33 heavy (non-hydrogen) atoms. The van der Waals surface area contributed by atoms with Crippen molar-refractivity contribution in [3.8, 4) is 16.9 Å². The molecule has 3 aromatic carbocycles. The molecule has 0 unspecified atom stereocenters. The molecule has 1 heterocycles. The zero-order chi connectivity index (χ0) is 23.3. The van der Waals surface area contributed by atoms with E-state index in [2.05, 4.69) is 5.32 Å². The van der Waals surface area contributed by atoms with Crippen molar-refractivity contribution in [2.45, 2.75) is 6.92 Å². The first kappa shape index (κ1) is 20.5. The van der Waals surface area contributed by atoms with Crippen LogP contribution in [0.2, 0.25) is 0 Å². The molecular formula is C26H20N2O5. The Labute approximate surface area is 188 Å². The van der Waals surface area contributed by atoms with Gasteiger partial charge in [-0.15, -0.1) is 0 Å². The maximum Gasteiger partial charge on any atom is 0.344 e. The number of phenols is 1.